The van der Waals surface area contributed by atoms with E-state index in [-0.39, 0.29) is 54.2 Å². The molecule has 6 nitrogen and oxygen atoms in total. The number of aliphatic hydroxyl groups is 2. The second-order valence-corrected chi connectivity index (χ2v) is 9.29. The largest absolute Gasteiger partial charge is 0.462 e. The van der Waals surface area contributed by atoms with Crippen LogP contribution in [0.15, 0.2) is 23.8 Å². The normalized spacial score (nSPS) is 37.0. The molecule has 1 fully saturated rings. The Morgan fingerprint density at radius 3 is 2.72 bits per heavy atom. The number of hydrogen-bond acceptors (Lipinski definition) is 6. The summed E-state index contributed by atoms with van der Waals surface area (Å²) in [5.74, 6) is 0.186. The summed E-state index contributed by atoms with van der Waals surface area (Å²) in [5, 5.41) is 20.1. The van der Waals surface area contributed by atoms with E-state index in [1.165, 1.54) is 0 Å². The molecule has 0 unspecified atom stereocenters. The van der Waals surface area contributed by atoms with Crippen LogP contribution in [0.5, 0.6) is 0 Å². The molecule has 3 rings (SSSR count). The molecule has 0 aromatic carbocycles. The summed E-state index contributed by atoms with van der Waals surface area (Å²) in [6.07, 6.45) is 6.97. The summed E-state index contributed by atoms with van der Waals surface area (Å²) in [6.45, 7) is 6.12. The summed E-state index contributed by atoms with van der Waals surface area (Å²) >= 11 is 0. The maximum atomic E-state index is 12.3. The van der Waals surface area contributed by atoms with Crippen molar-refractivity contribution in [2.45, 2.75) is 83.7 Å². The molecule has 0 bridgehead atoms. The number of esters is 2. The zero-order chi connectivity index (χ0) is 21.1. The molecule has 0 spiro atoms. The molecule has 3 aliphatic rings. The van der Waals surface area contributed by atoms with E-state index >= 15 is 0 Å². The molecule has 1 saturated heterocycles. The maximum Gasteiger partial charge on any atom is 0.308 e. The van der Waals surface area contributed by atoms with Crippen LogP contribution >= 0.6 is 0 Å². The molecule has 0 radical (unpaired) electrons. The average molecular weight is 407 g/mol. The molecule has 2 aliphatic carbocycles. The smallest absolute Gasteiger partial charge is 0.308 e. The summed E-state index contributed by atoms with van der Waals surface area (Å²) in [5.41, 5.74) is 1.02. The van der Waals surface area contributed by atoms with Gasteiger partial charge in [0.2, 0.25) is 0 Å². The van der Waals surface area contributed by atoms with E-state index in [2.05, 4.69) is 13.0 Å². The number of aliphatic hydroxyl groups excluding tert-OH is 2. The second kappa shape index (κ2) is 9.43. The minimum Gasteiger partial charge on any atom is -0.462 e. The minimum absolute atomic E-state index is 0.0266. The SMILES string of the molecule is CC(C)CC(=O)O[C@H]1C[C@H](O)C=C2C=C[C@H](C)[C@H](CC[C@@H]3C[C@@H](O)CC(=O)O3)[C@H]21. The second-order valence-electron chi connectivity index (χ2n) is 9.29. The van der Waals surface area contributed by atoms with Crippen molar-refractivity contribution in [1.82, 2.24) is 0 Å². The monoisotopic (exact) mass is 406 g/mol. The lowest BCUT2D eigenvalue weighted by Gasteiger charge is -2.43. The van der Waals surface area contributed by atoms with Crippen LogP contribution < -0.4 is 0 Å². The highest BCUT2D eigenvalue weighted by Gasteiger charge is 2.42. The molecular formula is C23H34O6. The van der Waals surface area contributed by atoms with Crippen LogP contribution in [0.3, 0.4) is 0 Å². The number of rotatable bonds is 6. The van der Waals surface area contributed by atoms with Crippen LogP contribution in [-0.2, 0) is 19.1 Å². The Morgan fingerprint density at radius 2 is 2.03 bits per heavy atom. The van der Waals surface area contributed by atoms with Gasteiger partial charge in [0, 0.05) is 25.2 Å². The number of fused-ring (bicyclic) bond motifs is 1. The van der Waals surface area contributed by atoms with Crippen LogP contribution in [0.4, 0.5) is 0 Å². The van der Waals surface area contributed by atoms with Crippen LogP contribution in [0.1, 0.15) is 59.3 Å². The number of carbonyl (C=O) groups is 2. The lowest BCUT2D eigenvalue weighted by molar-refractivity contribution is -0.161. The number of ether oxygens (including phenoxy) is 2. The van der Waals surface area contributed by atoms with Gasteiger partial charge in [-0.1, -0.05) is 39.0 Å². The van der Waals surface area contributed by atoms with Crippen LogP contribution in [0.2, 0.25) is 0 Å². The first-order chi connectivity index (χ1) is 13.7. The zero-order valence-corrected chi connectivity index (χ0v) is 17.6. The van der Waals surface area contributed by atoms with Gasteiger partial charge in [0.1, 0.15) is 12.2 Å². The van der Waals surface area contributed by atoms with Gasteiger partial charge in [-0.25, -0.2) is 0 Å². The van der Waals surface area contributed by atoms with E-state index in [0.717, 1.165) is 12.0 Å². The van der Waals surface area contributed by atoms with Gasteiger partial charge in [-0.05, 0) is 36.2 Å². The van der Waals surface area contributed by atoms with Gasteiger partial charge < -0.3 is 19.7 Å². The first-order valence-electron chi connectivity index (χ1n) is 10.9. The Hall–Kier alpha value is -1.66. The van der Waals surface area contributed by atoms with Crippen molar-refractivity contribution in [3.63, 3.8) is 0 Å². The van der Waals surface area contributed by atoms with E-state index in [1.54, 1.807) is 0 Å². The van der Waals surface area contributed by atoms with E-state index in [0.29, 0.717) is 25.7 Å². The van der Waals surface area contributed by atoms with Crippen molar-refractivity contribution in [3.05, 3.63) is 23.8 Å². The third kappa shape index (κ3) is 5.70. The highest BCUT2D eigenvalue weighted by atomic mass is 16.5. The topological polar surface area (TPSA) is 93.1 Å². The molecule has 6 heteroatoms. The number of allylic oxidation sites excluding steroid dienone is 2. The fourth-order valence-corrected chi connectivity index (χ4v) is 4.95. The van der Waals surface area contributed by atoms with Crippen LogP contribution in [0, 0.1) is 23.7 Å². The highest BCUT2D eigenvalue weighted by Crippen LogP contribution is 2.44. The standard InChI is InChI=1S/C23H34O6/c1-13(2)8-21(26)29-20-11-16(24)9-15-5-4-14(3)19(23(15)20)7-6-18-10-17(25)12-22(27)28-18/h4-5,9,13-14,16-20,23-25H,6-8,10-12H2,1-3H3/t14-,16+,17+,18+,19-,20-,23-/m0/s1. The Kier molecular flexibility index (Phi) is 7.17. The molecule has 1 aliphatic heterocycles. The van der Waals surface area contributed by atoms with Crippen LogP contribution in [0.25, 0.3) is 0 Å². The van der Waals surface area contributed by atoms with Gasteiger partial charge in [0.15, 0.2) is 0 Å². The predicted molar refractivity (Wildman–Crippen MR) is 108 cm³/mol. The summed E-state index contributed by atoms with van der Waals surface area (Å²) in [6, 6.07) is 0. The fraction of sp³-hybridized carbons (Fsp3) is 0.739. The molecule has 0 amide bonds. The lowest BCUT2D eigenvalue weighted by atomic mass is 9.66. The molecule has 162 valence electrons. The van der Waals surface area contributed by atoms with E-state index in [9.17, 15) is 19.8 Å². The molecule has 0 saturated carbocycles. The van der Waals surface area contributed by atoms with Crippen molar-refractivity contribution in [2.75, 3.05) is 0 Å². The Morgan fingerprint density at radius 1 is 1.28 bits per heavy atom. The quantitative estimate of drug-likeness (QED) is 0.659. The summed E-state index contributed by atoms with van der Waals surface area (Å²) < 4.78 is 11.3. The van der Waals surface area contributed by atoms with Gasteiger partial charge >= 0.3 is 11.9 Å². The van der Waals surface area contributed by atoms with Gasteiger partial charge in [-0.3, -0.25) is 9.59 Å². The lowest BCUT2D eigenvalue weighted by Crippen LogP contribution is -2.43. The Balaban J connectivity index is 1.72. The van der Waals surface area contributed by atoms with E-state index < -0.39 is 12.2 Å². The van der Waals surface area contributed by atoms with Gasteiger partial charge in [-0.15, -0.1) is 0 Å². The fourth-order valence-electron chi connectivity index (χ4n) is 4.95. The molecule has 2 N–H and O–H groups in total. The van der Waals surface area contributed by atoms with Crippen LogP contribution in [-0.4, -0.2) is 46.6 Å². The van der Waals surface area contributed by atoms with Gasteiger partial charge in [0.25, 0.3) is 0 Å². The number of cyclic esters (lactones) is 1. The molecule has 7 atom stereocenters. The van der Waals surface area contributed by atoms with Crippen molar-refractivity contribution in [3.8, 4) is 0 Å². The molecular weight excluding hydrogens is 372 g/mol. The predicted octanol–water partition coefficient (Wildman–Crippen LogP) is 2.92. The number of carbonyl (C=O) groups excluding carboxylic acids is 2. The van der Waals surface area contributed by atoms with E-state index in [4.69, 9.17) is 9.47 Å². The molecule has 1 heterocycles. The summed E-state index contributed by atoms with van der Waals surface area (Å²) in [7, 11) is 0. The maximum absolute atomic E-state index is 12.3. The Labute approximate surface area is 173 Å². The first kappa shape index (κ1) is 22.0. The summed E-state index contributed by atoms with van der Waals surface area (Å²) in [4.78, 5) is 24.0. The zero-order valence-electron chi connectivity index (χ0n) is 17.6. The third-order valence-electron chi connectivity index (χ3n) is 6.29. The van der Waals surface area contributed by atoms with Gasteiger partial charge in [-0.2, -0.15) is 0 Å². The highest BCUT2D eigenvalue weighted by molar-refractivity contribution is 5.71. The molecule has 0 aromatic heterocycles. The third-order valence-corrected chi connectivity index (χ3v) is 6.29. The Bertz CT molecular complexity index is 666. The minimum atomic E-state index is -0.630. The van der Waals surface area contributed by atoms with Crippen molar-refractivity contribution < 1.29 is 29.3 Å². The van der Waals surface area contributed by atoms with Crippen molar-refractivity contribution >= 4 is 11.9 Å². The van der Waals surface area contributed by atoms with Crippen molar-refractivity contribution in [1.29, 1.82) is 0 Å². The van der Waals surface area contributed by atoms with E-state index in [1.807, 2.05) is 26.0 Å². The first-order valence-corrected chi connectivity index (χ1v) is 10.9. The van der Waals surface area contributed by atoms with Crippen molar-refractivity contribution in [2.24, 2.45) is 23.7 Å². The molecule has 0 aromatic rings. The molecule has 29 heavy (non-hydrogen) atoms. The average Bonchev–Trinajstić information content (AvgIpc) is 2.59. The number of hydrogen-bond donors (Lipinski definition) is 2. The van der Waals surface area contributed by atoms with Gasteiger partial charge in [0.05, 0.1) is 18.6 Å².